The first-order valence-corrected chi connectivity index (χ1v) is 10.9. The predicted octanol–water partition coefficient (Wildman–Crippen LogP) is 2.89. The molecule has 3 aromatic rings. The van der Waals surface area contributed by atoms with Crippen LogP contribution in [0.3, 0.4) is 0 Å². The van der Waals surface area contributed by atoms with Gasteiger partial charge in [0, 0.05) is 31.2 Å². The van der Waals surface area contributed by atoms with E-state index in [0.29, 0.717) is 49.5 Å². The van der Waals surface area contributed by atoms with Crippen LogP contribution in [0.15, 0.2) is 47.4 Å². The second-order valence-corrected chi connectivity index (χ2v) is 8.58. The number of nitrogens with one attached hydrogen (secondary N) is 1. The highest BCUT2D eigenvalue weighted by Crippen LogP contribution is 2.22. The van der Waals surface area contributed by atoms with E-state index in [4.69, 9.17) is 0 Å². The van der Waals surface area contributed by atoms with E-state index in [1.54, 1.807) is 10.8 Å². The normalized spacial score (nSPS) is 14.9. The van der Waals surface area contributed by atoms with Gasteiger partial charge in [0.25, 0.3) is 5.56 Å². The van der Waals surface area contributed by atoms with Crippen LogP contribution in [0.5, 0.6) is 0 Å². The minimum atomic E-state index is -0.142. The maximum absolute atomic E-state index is 13.5. The summed E-state index contributed by atoms with van der Waals surface area (Å²) in [7, 11) is 0. The molecule has 0 spiro atoms. The lowest BCUT2D eigenvalue weighted by Crippen LogP contribution is -2.44. The number of hydrogen-bond acceptors (Lipinski definition) is 5. The largest absolute Gasteiger partial charge is 0.354 e. The van der Waals surface area contributed by atoms with E-state index < -0.39 is 0 Å². The average Bonchev–Trinajstić information content (AvgIpc) is 2.76. The highest BCUT2D eigenvalue weighted by molar-refractivity contribution is 5.79. The Kier molecular flexibility index (Phi) is 6.02. The Morgan fingerprint density at radius 3 is 2.55 bits per heavy atom. The molecule has 1 aliphatic heterocycles. The van der Waals surface area contributed by atoms with Gasteiger partial charge >= 0.3 is 0 Å². The fraction of sp³-hybridized carbons (Fsp3) is 0.417. The number of pyridine rings is 1. The maximum Gasteiger partial charge on any atom is 0.295 e. The average molecular weight is 420 g/mol. The number of aromatic nitrogens is 3. The van der Waals surface area contributed by atoms with Gasteiger partial charge < -0.3 is 10.2 Å². The van der Waals surface area contributed by atoms with Crippen LogP contribution < -0.4 is 15.8 Å². The highest BCUT2D eigenvalue weighted by Gasteiger charge is 2.28. The van der Waals surface area contributed by atoms with Crippen LogP contribution in [0, 0.1) is 12.8 Å². The summed E-state index contributed by atoms with van der Waals surface area (Å²) in [4.78, 5) is 36.9. The number of benzene rings is 1. The quantitative estimate of drug-likeness (QED) is 0.688. The van der Waals surface area contributed by atoms with Crippen LogP contribution in [0.25, 0.3) is 11.2 Å². The fourth-order valence-electron chi connectivity index (χ4n) is 4.05. The van der Waals surface area contributed by atoms with E-state index in [-0.39, 0.29) is 23.4 Å². The molecular weight excluding hydrogens is 390 g/mol. The van der Waals surface area contributed by atoms with Crippen molar-refractivity contribution in [2.45, 2.75) is 46.2 Å². The van der Waals surface area contributed by atoms with Gasteiger partial charge in [-0.25, -0.2) is 9.97 Å². The van der Waals surface area contributed by atoms with Crippen LogP contribution in [0.2, 0.25) is 0 Å². The summed E-state index contributed by atoms with van der Waals surface area (Å²) in [6.45, 7) is 7.69. The Balaban J connectivity index is 1.63. The molecule has 1 aliphatic rings. The van der Waals surface area contributed by atoms with Gasteiger partial charge in [0.05, 0.1) is 6.54 Å². The summed E-state index contributed by atoms with van der Waals surface area (Å²) in [6, 6.07) is 12.0. The highest BCUT2D eigenvalue weighted by atomic mass is 16.2. The topological polar surface area (TPSA) is 80.1 Å². The van der Waals surface area contributed by atoms with Crippen LogP contribution in [0.1, 0.15) is 37.8 Å². The van der Waals surface area contributed by atoms with Gasteiger partial charge in [0.2, 0.25) is 5.91 Å². The van der Waals surface area contributed by atoms with E-state index in [1.807, 2.05) is 62.1 Å². The summed E-state index contributed by atoms with van der Waals surface area (Å²) >= 11 is 0. The molecule has 1 N–H and O–H groups in total. The molecule has 31 heavy (non-hydrogen) atoms. The van der Waals surface area contributed by atoms with E-state index in [9.17, 15) is 9.59 Å². The van der Waals surface area contributed by atoms with E-state index >= 15 is 0 Å². The number of aryl methyl sites for hydroxylation is 1. The molecule has 3 heterocycles. The van der Waals surface area contributed by atoms with Crippen molar-refractivity contribution in [1.29, 1.82) is 0 Å². The lowest BCUT2D eigenvalue weighted by Gasteiger charge is -2.32. The van der Waals surface area contributed by atoms with E-state index in [2.05, 4.69) is 15.3 Å². The molecule has 0 radical (unpaired) electrons. The standard InChI is InChI=1S/C24H29N5O2/c1-16(2)26-23(30)19-10-13-28(14-11-19)22-24(31)29(15-18-8-6-17(3)7-9-18)21-20(27-22)5-4-12-25-21/h4-9,12,16,19H,10-11,13-15H2,1-3H3,(H,26,30). The molecule has 1 amide bonds. The molecule has 0 saturated carbocycles. The minimum Gasteiger partial charge on any atom is -0.354 e. The summed E-state index contributed by atoms with van der Waals surface area (Å²) in [5.41, 5.74) is 3.36. The molecule has 1 aromatic carbocycles. The Hall–Kier alpha value is -3.22. The summed E-state index contributed by atoms with van der Waals surface area (Å²) in [5.74, 6) is 0.521. The number of hydrogen-bond donors (Lipinski definition) is 1. The molecule has 162 valence electrons. The van der Waals surface area contributed by atoms with Crippen molar-refractivity contribution in [1.82, 2.24) is 19.9 Å². The zero-order valence-corrected chi connectivity index (χ0v) is 18.3. The molecule has 7 nitrogen and oxygen atoms in total. The summed E-state index contributed by atoms with van der Waals surface area (Å²) in [6.07, 6.45) is 3.11. The summed E-state index contributed by atoms with van der Waals surface area (Å²) < 4.78 is 1.71. The molecule has 4 rings (SSSR count). The van der Waals surface area contributed by atoms with Crippen molar-refractivity contribution in [3.63, 3.8) is 0 Å². The number of fused-ring (bicyclic) bond motifs is 1. The van der Waals surface area contributed by atoms with Crippen LogP contribution in [-0.4, -0.2) is 39.6 Å². The van der Waals surface area contributed by atoms with Gasteiger partial charge in [-0.15, -0.1) is 0 Å². The van der Waals surface area contributed by atoms with Crippen molar-refractivity contribution < 1.29 is 4.79 Å². The first-order valence-electron chi connectivity index (χ1n) is 10.9. The minimum absolute atomic E-state index is 0.0180. The van der Waals surface area contributed by atoms with Gasteiger partial charge in [0.1, 0.15) is 5.52 Å². The summed E-state index contributed by atoms with van der Waals surface area (Å²) in [5, 5.41) is 3.00. The smallest absolute Gasteiger partial charge is 0.295 e. The Labute approximate surface area is 182 Å². The number of amides is 1. The van der Waals surface area contributed by atoms with Gasteiger partial charge in [-0.1, -0.05) is 29.8 Å². The molecule has 7 heteroatoms. The van der Waals surface area contributed by atoms with Crippen molar-refractivity contribution in [3.8, 4) is 0 Å². The number of carbonyl (C=O) groups is 1. The number of nitrogens with zero attached hydrogens (tertiary/aromatic N) is 4. The molecule has 0 unspecified atom stereocenters. The van der Waals surface area contributed by atoms with Crippen LogP contribution in [0.4, 0.5) is 5.82 Å². The molecular formula is C24H29N5O2. The lowest BCUT2D eigenvalue weighted by atomic mass is 9.95. The zero-order chi connectivity index (χ0) is 22.0. The van der Waals surface area contributed by atoms with Crippen LogP contribution >= 0.6 is 0 Å². The van der Waals surface area contributed by atoms with Crippen molar-refractivity contribution in [2.75, 3.05) is 18.0 Å². The van der Waals surface area contributed by atoms with Gasteiger partial charge in [0.15, 0.2) is 11.5 Å². The third-order valence-electron chi connectivity index (χ3n) is 5.74. The molecule has 1 fully saturated rings. The fourth-order valence-corrected chi connectivity index (χ4v) is 4.05. The molecule has 0 aliphatic carbocycles. The molecule has 0 bridgehead atoms. The molecule has 2 aromatic heterocycles. The predicted molar refractivity (Wildman–Crippen MR) is 122 cm³/mol. The van der Waals surface area contributed by atoms with Gasteiger partial charge in [-0.2, -0.15) is 0 Å². The number of anilines is 1. The first kappa shape index (κ1) is 21.0. The Morgan fingerprint density at radius 1 is 1.16 bits per heavy atom. The van der Waals surface area contributed by atoms with E-state index in [1.165, 1.54) is 5.56 Å². The zero-order valence-electron chi connectivity index (χ0n) is 18.3. The second kappa shape index (κ2) is 8.88. The van der Waals surface area contributed by atoms with Crippen molar-refractivity contribution in [3.05, 3.63) is 64.1 Å². The lowest BCUT2D eigenvalue weighted by molar-refractivity contribution is -0.126. The second-order valence-electron chi connectivity index (χ2n) is 8.58. The number of rotatable bonds is 5. The van der Waals surface area contributed by atoms with Crippen molar-refractivity contribution >= 4 is 22.9 Å². The van der Waals surface area contributed by atoms with Crippen molar-refractivity contribution in [2.24, 2.45) is 5.92 Å². The Bertz CT molecular complexity index is 1130. The van der Waals surface area contributed by atoms with E-state index in [0.717, 1.165) is 5.56 Å². The third kappa shape index (κ3) is 4.60. The number of carbonyl (C=O) groups excluding carboxylic acids is 1. The SMILES string of the molecule is Cc1ccc(Cn2c(=O)c(N3CCC(C(=O)NC(C)C)CC3)nc3cccnc32)cc1. The maximum atomic E-state index is 13.5. The van der Waals surface area contributed by atoms with Gasteiger partial charge in [-0.3, -0.25) is 14.2 Å². The van der Waals surface area contributed by atoms with Gasteiger partial charge in [-0.05, 0) is 51.3 Å². The van der Waals surface area contributed by atoms with Crippen LogP contribution in [-0.2, 0) is 11.3 Å². The molecule has 1 saturated heterocycles. The first-order chi connectivity index (χ1) is 14.9. The number of piperidine rings is 1. The Morgan fingerprint density at radius 2 is 1.87 bits per heavy atom. The third-order valence-corrected chi connectivity index (χ3v) is 5.74. The monoisotopic (exact) mass is 419 g/mol. The molecule has 0 atom stereocenters.